The zero-order valence-electron chi connectivity index (χ0n) is 22.1. The topological polar surface area (TPSA) is 98.0 Å². The molecule has 4 fully saturated rings. The highest BCUT2D eigenvalue weighted by molar-refractivity contribution is 5.83. The molecule has 4 aliphatic rings. The van der Waals surface area contributed by atoms with Gasteiger partial charge in [-0.25, -0.2) is 0 Å². The summed E-state index contributed by atoms with van der Waals surface area (Å²) in [4.78, 5) is 13.3. The van der Waals surface area contributed by atoms with Crippen LogP contribution in [-0.4, -0.2) is 50.6 Å². The van der Waals surface area contributed by atoms with Crippen LogP contribution in [0.2, 0.25) is 0 Å². The largest absolute Gasteiger partial charge is 0.390 e. The van der Waals surface area contributed by atoms with Crippen molar-refractivity contribution in [2.45, 2.75) is 111 Å². The van der Waals surface area contributed by atoms with Gasteiger partial charge in [0.2, 0.25) is 0 Å². The molecule has 0 aromatic heterocycles. The van der Waals surface area contributed by atoms with Crippen molar-refractivity contribution >= 4 is 5.78 Å². The van der Waals surface area contributed by atoms with E-state index in [0.29, 0.717) is 42.9 Å². The van der Waals surface area contributed by atoms with E-state index in [1.807, 2.05) is 13.0 Å². The predicted octanol–water partition coefficient (Wildman–Crippen LogP) is 4.12. The molecule has 0 radical (unpaired) electrons. The molecule has 0 bridgehead atoms. The Morgan fingerprint density at radius 2 is 1.65 bits per heavy atom. The van der Waals surface area contributed by atoms with Gasteiger partial charge in [0.25, 0.3) is 0 Å². The summed E-state index contributed by atoms with van der Waals surface area (Å²) in [6.07, 6.45) is 4.47. The Morgan fingerprint density at radius 3 is 2.26 bits per heavy atom. The highest BCUT2D eigenvalue weighted by Gasteiger charge is 2.63. The minimum absolute atomic E-state index is 0.0236. The van der Waals surface area contributed by atoms with Gasteiger partial charge in [0.15, 0.2) is 0 Å². The first-order valence-corrected chi connectivity index (χ1v) is 13.8. The number of ketones is 1. The molecule has 34 heavy (non-hydrogen) atoms. The van der Waals surface area contributed by atoms with E-state index in [1.54, 1.807) is 0 Å². The number of hydrogen-bond donors (Lipinski definition) is 4. The average molecular weight is 477 g/mol. The third kappa shape index (κ3) is 3.93. The summed E-state index contributed by atoms with van der Waals surface area (Å²) < 4.78 is 0. The number of aliphatic hydroxyl groups is 4. The molecule has 4 aliphatic carbocycles. The lowest BCUT2D eigenvalue weighted by Gasteiger charge is -2.61. The standard InChI is InChI=1S/C29H48O5/c1-7-17(15(2)3)27(34)26(33)16(4)19-8-9-20-18-12-23(30)22-13-24(31)25(32)14-29(22,6)21(18)10-11-28(19,20)5/h7,15-16,18-22,24-27,31-34H,8-14H2,1-6H3/b17-7-/t16-,18-,19+,20-,21-,22-,24-,25+,26+,27+,28-,29+/m0/s1. The first-order chi connectivity index (χ1) is 15.9. The van der Waals surface area contributed by atoms with Gasteiger partial charge in [-0.3, -0.25) is 4.79 Å². The predicted molar refractivity (Wildman–Crippen MR) is 133 cm³/mol. The Balaban J connectivity index is 1.56. The maximum absolute atomic E-state index is 13.3. The molecule has 0 unspecified atom stereocenters. The lowest BCUT2D eigenvalue weighted by molar-refractivity contribution is -0.174. The second-order valence-electron chi connectivity index (χ2n) is 13.1. The number of rotatable bonds is 5. The molecular formula is C29H48O5. The molecule has 0 saturated heterocycles. The molecule has 4 rings (SSSR count). The maximum atomic E-state index is 13.3. The molecule has 0 aliphatic heterocycles. The zero-order chi connectivity index (χ0) is 25.2. The van der Waals surface area contributed by atoms with Crippen LogP contribution in [0, 0.1) is 52.3 Å². The third-order valence-corrected chi connectivity index (χ3v) is 11.4. The molecular weight excluding hydrogens is 428 g/mol. The Morgan fingerprint density at radius 1 is 1.00 bits per heavy atom. The lowest BCUT2D eigenvalue weighted by atomic mass is 9.44. The molecule has 4 N–H and O–H groups in total. The van der Waals surface area contributed by atoms with Gasteiger partial charge < -0.3 is 20.4 Å². The van der Waals surface area contributed by atoms with Crippen molar-refractivity contribution in [3.8, 4) is 0 Å². The van der Waals surface area contributed by atoms with Crippen LogP contribution in [-0.2, 0) is 4.79 Å². The van der Waals surface area contributed by atoms with Crippen molar-refractivity contribution in [2.75, 3.05) is 0 Å². The zero-order valence-corrected chi connectivity index (χ0v) is 22.1. The van der Waals surface area contributed by atoms with Crippen molar-refractivity contribution in [3.05, 3.63) is 11.6 Å². The summed E-state index contributed by atoms with van der Waals surface area (Å²) in [6, 6.07) is 0. The van der Waals surface area contributed by atoms with Crippen molar-refractivity contribution in [3.63, 3.8) is 0 Å². The van der Waals surface area contributed by atoms with E-state index < -0.39 is 24.4 Å². The van der Waals surface area contributed by atoms with E-state index in [4.69, 9.17) is 0 Å². The summed E-state index contributed by atoms with van der Waals surface area (Å²) >= 11 is 0. The van der Waals surface area contributed by atoms with Crippen LogP contribution in [0.4, 0.5) is 0 Å². The van der Waals surface area contributed by atoms with Crippen LogP contribution in [0.5, 0.6) is 0 Å². The Hall–Kier alpha value is -0.750. The summed E-state index contributed by atoms with van der Waals surface area (Å²) in [7, 11) is 0. The monoisotopic (exact) mass is 476 g/mol. The van der Waals surface area contributed by atoms with Crippen molar-refractivity contribution < 1.29 is 25.2 Å². The molecule has 0 aromatic rings. The molecule has 0 spiro atoms. The normalized spacial score (nSPS) is 47.6. The van der Waals surface area contributed by atoms with Crippen LogP contribution in [0.1, 0.15) is 86.5 Å². The van der Waals surface area contributed by atoms with Crippen molar-refractivity contribution in [1.29, 1.82) is 0 Å². The Kier molecular flexibility index (Phi) is 7.18. The van der Waals surface area contributed by atoms with Crippen LogP contribution >= 0.6 is 0 Å². The third-order valence-electron chi connectivity index (χ3n) is 11.4. The molecule has 0 heterocycles. The quantitative estimate of drug-likeness (QED) is 0.448. The second kappa shape index (κ2) is 9.28. The minimum atomic E-state index is -0.843. The van der Waals surface area contributed by atoms with E-state index in [1.165, 1.54) is 0 Å². The summed E-state index contributed by atoms with van der Waals surface area (Å²) in [5.74, 6) is 1.76. The summed E-state index contributed by atoms with van der Waals surface area (Å²) in [5, 5.41) is 43.0. The van der Waals surface area contributed by atoms with Crippen molar-refractivity contribution in [2.24, 2.45) is 52.3 Å². The number of fused-ring (bicyclic) bond motifs is 5. The highest BCUT2D eigenvalue weighted by atomic mass is 16.3. The van der Waals surface area contributed by atoms with Gasteiger partial charge in [-0.2, -0.15) is 0 Å². The number of carbonyl (C=O) groups is 1. The SMILES string of the molecule is C/C=C(/C(C)C)[C@@H](O)[C@H](O)[C@@H](C)[C@H]1CC[C@H]2[C@@H]3CC(=O)[C@@H]4C[C@H](O)[C@H](O)C[C@]4(C)[C@H]3CC[C@@]12C. The fourth-order valence-electron chi connectivity index (χ4n) is 9.54. The van der Waals surface area contributed by atoms with E-state index in [2.05, 4.69) is 34.6 Å². The fraction of sp³-hybridized carbons (Fsp3) is 0.897. The van der Waals surface area contributed by atoms with Gasteiger partial charge in [0.1, 0.15) is 11.9 Å². The van der Waals surface area contributed by atoms with Gasteiger partial charge in [-0.05, 0) is 97.4 Å². The highest BCUT2D eigenvalue weighted by Crippen LogP contribution is 2.67. The maximum Gasteiger partial charge on any atom is 0.136 e. The van der Waals surface area contributed by atoms with E-state index in [9.17, 15) is 25.2 Å². The van der Waals surface area contributed by atoms with Crippen LogP contribution in [0.25, 0.3) is 0 Å². The Bertz CT molecular complexity index is 806. The van der Waals surface area contributed by atoms with E-state index >= 15 is 0 Å². The number of Topliss-reactive ketones (excluding diaryl/α,β-unsaturated/α-hetero) is 1. The van der Waals surface area contributed by atoms with Gasteiger partial charge in [0, 0.05) is 12.3 Å². The number of allylic oxidation sites excluding steroid dienone is 1. The van der Waals surface area contributed by atoms with Crippen LogP contribution in [0.3, 0.4) is 0 Å². The van der Waals surface area contributed by atoms with Crippen molar-refractivity contribution in [1.82, 2.24) is 0 Å². The minimum Gasteiger partial charge on any atom is -0.390 e. The van der Waals surface area contributed by atoms with Gasteiger partial charge >= 0.3 is 0 Å². The van der Waals surface area contributed by atoms with E-state index in [-0.39, 0.29) is 34.4 Å². The molecule has 0 aromatic carbocycles. The van der Waals surface area contributed by atoms with Crippen LogP contribution < -0.4 is 0 Å². The molecule has 12 atom stereocenters. The smallest absolute Gasteiger partial charge is 0.136 e. The summed E-state index contributed by atoms with van der Waals surface area (Å²) in [5.41, 5.74) is 0.709. The average Bonchev–Trinajstić information content (AvgIpc) is 3.12. The molecule has 4 saturated carbocycles. The molecule has 5 nitrogen and oxygen atoms in total. The summed E-state index contributed by atoms with van der Waals surface area (Å²) in [6.45, 7) is 12.7. The van der Waals surface area contributed by atoms with Gasteiger partial charge in [-0.15, -0.1) is 0 Å². The molecule has 194 valence electrons. The number of carbonyl (C=O) groups excluding carboxylic acids is 1. The van der Waals surface area contributed by atoms with Crippen LogP contribution in [0.15, 0.2) is 11.6 Å². The fourth-order valence-corrected chi connectivity index (χ4v) is 9.54. The lowest BCUT2D eigenvalue weighted by Crippen LogP contribution is -2.59. The van der Waals surface area contributed by atoms with Gasteiger partial charge in [0.05, 0.1) is 18.3 Å². The number of hydrogen-bond acceptors (Lipinski definition) is 5. The molecule has 5 heteroatoms. The van der Waals surface area contributed by atoms with Gasteiger partial charge in [-0.1, -0.05) is 40.7 Å². The van der Waals surface area contributed by atoms with E-state index in [0.717, 1.165) is 31.3 Å². The first-order valence-electron chi connectivity index (χ1n) is 13.8. The second-order valence-corrected chi connectivity index (χ2v) is 13.1. The Labute approximate surface area is 206 Å². The number of aliphatic hydroxyl groups excluding tert-OH is 4. The first kappa shape index (κ1) is 26.3. The molecule has 0 amide bonds.